The molecule has 0 saturated heterocycles. The Balaban J connectivity index is 1.77. The van der Waals surface area contributed by atoms with Gasteiger partial charge in [0.2, 0.25) is 0 Å². The van der Waals surface area contributed by atoms with Crippen LogP contribution in [0.2, 0.25) is 0 Å². The van der Waals surface area contributed by atoms with Gasteiger partial charge in [-0.1, -0.05) is 6.42 Å². The fraction of sp³-hybridized carbons (Fsp3) is 0.500. The summed E-state index contributed by atoms with van der Waals surface area (Å²) in [6, 6.07) is 5.99. The average Bonchev–Trinajstić information content (AvgIpc) is 2.93. The Labute approximate surface area is 107 Å². The number of carbonyl (C=O) groups excluding carboxylic acids is 1. The SMILES string of the molecule is NC(=O)c1cc(NC2CC3CCC2C3)ccc1N. The number of primary amides is 1. The van der Waals surface area contributed by atoms with Crippen molar-refractivity contribution in [2.75, 3.05) is 11.1 Å². The quantitative estimate of drug-likeness (QED) is 0.712. The molecule has 0 spiro atoms. The lowest BCUT2D eigenvalue weighted by Gasteiger charge is -2.24. The summed E-state index contributed by atoms with van der Waals surface area (Å²) in [5, 5.41) is 3.53. The lowest BCUT2D eigenvalue weighted by Crippen LogP contribution is -2.26. The Kier molecular flexibility index (Phi) is 2.65. The van der Waals surface area contributed by atoms with Crippen molar-refractivity contribution in [1.29, 1.82) is 0 Å². The first-order chi connectivity index (χ1) is 8.63. The van der Waals surface area contributed by atoms with E-state index in [1.54, 1.807) is 12.1 Å². The third kappa shape index (κ3) is 1.92. The van der Waals surface area contributed by atoms with Crippen molar-refractivity contribution in [2.45, 2.75) is 31.7 Å². The van der Waals surface area contributed by atoms with Gasteiger partial charge in [0.25, 0.3) is 5.91 Å². The molecule has 2 bridgehead atoms. The highest BCUT2D eigenvalue weighted by molar-refractivity contribution is 5.98. The molecule has 3 unspecified atom stereocenters. The van der Waals surface area contributed by atoms with Gasteiger partial charge in [-0.25, -0.2) is 0 Å². The first kappa shape index (κ1) is 11.4. The molecule has 1 amide bonds. The number of fused-ring (bicyclic) bond motifs is 2. The molecule has 0 radical (unpaired) electrons. The zero-order valence-electron chi connectivity index (χ0n) is 10.4. The molecule has 18 heavy (non-hydrogen) atoms. The number of nitrogens with two attached hydrogens (primary N) is 2. The van der Waals surface area contributed by atoms with E-state index in [4.69, 9.17) is 11.5 Å². The van der Waals surface area contributed by atoms with E-state index >= 15 is 0 Å². The standard InChI is InChI=1S/C14H19N3O/c15-12-4-3-10(7-11(12)14(16)18)17-13-6-8-1-2-9(13)5-8/h3-4,7-9,13,17H,1-2,5-6,15H2,(H2,16,18). The van der Waals surface area contributed by atoms with Crippen LogP contribution >= 0.6 is 0 Å². The maximum atomic E-state index is 11.3. The van der Waals surface area contributed by atoms with Crippen molar-refractivity contribution in [1.82, 2.24) is 0 Å². The molecule has 2 aliphatic rings. The molecule has 4 heteroatoms. The highest BCUT2D eigenvalue weighted by Gasteiger charge is 2.39. The lowest BCUT2D eigenvalue weighted by atomic mass is 9.95. The number of amides is 1. The van der Waals surface area contributed by atoms with Crippen LogP contribution in [0.3, 0.4) is 0 Å². The largest absolute Gasteiger partial charge is 0.398 e. The van der Waals surface area contributed by atoms with Crippen LogP contribution in [0.5, 0.6) is 0 Å². The summed E-state index contributed by atoms with van der Waals surface area (Å²) in [7, 11) is 0. The molecule has 0 aliphatic heterocycles. The Bertz CT molecular complexity index is 486. The van der Waals surface area contributed by atoms with Crippen molar-refractivity contribution in [3.63, 3.8) is 0 Å². The number of rotatable bonds is 3. The van der Waals surface area contributed by atoms with E-state index in [2.05, 4.69) is 5.32 Å². The van der Waals surface area contributed by atoms with E-state index in [1.807, 2.05) is 6.07 Å². The van der Waals surface area contributed by atoms with Crippen LogP contribution in [0.15, 0.2) is 18.2 Å². The van der Waals surface area contributed by atoms with Gasteiger partial charge in [-0.2, -0.15) is 0 Å². The zero-order valence-corrected chi connectivity index (χ0v) is 10.4. The summed E-state index contributed by atoms with van der Waals surface area (Å²) in [5.41, 5.74) is 12.8. The zero-order chi connectivity index (χ0) is 12.7. The second kappa shape index (κ2) is 4.19. The number of benzene rings is 1. The molecular weight excluding hydrogens is 226 g/mol. The summed E-state index contributed by atoms with van der Waals surface area (Å²) in [6.45, 7) is 0. The first-order valence-corrected chi connectivity index (χ1v) is 6.59. The van der Waals surface area contributed by atoms with Crippen LogP contribution in [0, 0.1) is 11.8 Å². The maximum Gasteiger partial charge on any atom is 0.250 e. The van der Waals surface area contributed by atoms with Gasteiger partial charge in [0.05, 0.1) is 5.56 Å². The summed E-state index contributed by atoms with van der Waals surface area (Å²) in [6.07, 6.45) is 5.33. The van der Waals surface area contributed by atoms with E-state index in [1.165, 1.54) is 25.7 Å². The summed E-state index contributed by atoms with van der Waals surface area (Å²) < 4.78 is 0. The predicted molar refractivity (Wildman–Crippen MR) is 72.2 cm³/mol. The Morgan fingerprint density at radius 2 is 2.11 bits per heavy atom. The Hall–Kier alpha value is -1.71. The second-order valence-corrected chi connectivity index (χ2v) is 5.59. The number of nitrogen functional groups attached to an aromatic ring is 1. The highest BCUT2D eigenvalue weighted by Crippen LogP contribution is 2.45. The molecule has 96 valence electrons. The smallest absolute Gasteiger partial charge is 0.250 e. The van der Waals surface area contributed by atoms with Crippen LogP contribution in [-0.4, -0.2) is 11.9 Å². The number of nitrogens with one attached hydrogen (secondary N) is 1. The molecule has 2 aliphatic carbocycles. The maximum absolute atomic E-state index is 11.3. The van der Waals surface area contributed by atoms with Gasteiger partial charge >= 0.3 is 0 Å². The number of carbonyl (C=O) groups is 1. The molecular formula is C14H19N3O. The third-order valence-electron chi connectivity index (χ3n) is 4.41. The normalized spacial score (nSPS) is 29.4. The monoisotopic (exact) mass is 245 g/mol. The van der Waals surface area contributed by atoms with Gasteiger partial charge in [0.1, 0.15) is 0 Å². The molecule has 3 atom stereocenters. The van der Waals surface area contributed by atoms with Gasteiger partial charge in [-0.3, -0.25) is 4.79 Å². The summed E-state index contributed by atoms with van der Waals surface area (Å²) >= 11 is 0. The number of anilines is 2. The van der Waals surface area contributed by atoms with Crippen molar-refractivity contribution < 1.29 is 4.79 Å². The molecule has 1 aromatic rings. The minimum atomic E-state index is -0.468. The highest BCUT2D eigenvalue weighted by atomic mass is 16.1. The minimum Gasteiger partial charge on any atom is -0.398 e. The molecule has 3 rings (SSSR count). The fourth-order valence-corrected chi connectivity index (χ4v) is 3.50. The first-order valence-electron chi connectivity index (χ1n) is 6.59. The van der Waals surface area contributed by atoms with Crippen LogP contribution in [-0.2, 0) is 0 Å². The van der Waals surface area contributed by atoms with Crippen LogP contribution in [0.1, 0.15) is 36.0 Å². The van der Waals surface area contributed by atoms with Gasteiger partial charge < -0.3 is 16.8 Å². The van der Waals surface area contributed by atoms with Crippen molar-refractivity contribution in [3.8, 4) is 0 Å². The van der Waals surface area contributed by atoms with Gasteiger partial charge in [-0.05, 0) is 49.3 Å². The molecule has 0 heterocycles. The van der Waals surface area contributed by atoms with E-state index in [0.717, 1.165) is 17.5 Å². The van der Waals surface area contributed by atoms with Gasteiger partial charge in [0, 0.05) is 17.4 Å². The molecule has 4 nitrogen and oxygen atoms in total. The van der Waals surface area contributed by atoms with Crippen molar-refractivity contribution in [2.24, 2.45) is 17.6 Å². The van der Waals surface area contributed by atoms with E-state index in [-0.39, 0.29) is 0 Å². The number of hydrogen-bond acceptors (Lipinski definition) is 3. The topological polar surface area (TPSA) is 81.1 Å². The van der Waals surface area contributed by atoms with Crippen LogP contribution in [0.4, 0.5) is 11.4 Å². The lowest BCUT2D eigenvalue weighted by molar-refractivity contribution is 0.100. The molecule has 2 fully saturated rings. The molecule has 0 aromatic heterocycles. The van der Waals surface area contributed by atoms with E-state index in [9.17, 15) is 4.79 Å². The van der Waals surface area contributed by atoms with E-state index < -0.39 is 5.91 Å². The predicted octanol–water partition coefficient (Wildman–Crippen LogP) is 1.97. The van der Waals surface area contributed by atoms with Gasteiger partial charge in [-0.15, -0.1) is 0 Å². The summed E-state index contributed by atoms with van der Waals surface area (Å²) in [5.74, 6) is 1.23. The average molecular weight is 245 g/mol. The molecule has 5 N–H and O–H groups in total. The Morgan fingerprint density at radius 3 is 2.72 bits per heavy atom. The van der Waals surface area contributed by atoms with Crippen LogP contribution in [0.25, 0.3) is 0 Å². The minimum absolute atomic E-state index is 0.406. The van der Waals surface area contributed by atoms with Crippen molar-refractivity contribution >= 4 is 17.3 Å². The van der Waals surface area contributed by atoms with Crippen LogP contribution < -0.4 is 16.8 Å². The van der Waals surface area contributed by atoms with Crippen molar-refractivity contribution in [3.05, 3.63) is 23.8 Å². The fourth-order valence-electron chi connectivity index (χ4n) is 3.50. The van der Waals surface area contributed by atoms with Gasteiger partial charge in [0.15, 0.2) is 0 Å². The molecule has 2 saturated carbocycles. The summed E-state index contributed by atoms with van der Waals surface area (Å²) in [4.78, 5) is 11.3. The molecule has 1 aromatic carbocycles. The van der Waals surface area contributed by atoms with E-state index in [0.29, 0.717) is 17.3 Å². The third-order valence-corrected chi connectivity index (χ3v) is 4.41. The Morgan fingerprint density at radius 1 is 1.28 bits per heavy atom. The second-order valence-electron chi connectivity index (χ2n) is 5.59. The number of hydrogen-bond donors (Lipinski definition) is 3.